The van der Waals surface area contributed by atoms with Gasteiger partial charge in [0.2, 0.25) is 0 Å². The van der Waals surface area contributed by atoms with Crippen LogP contribution in [-0.4, -0.2) is 4.98 Å². The van der Waals surface area contributed by atoms with Gasteiger partial charge in [0.1, 0.15) is 0 Å². The van der Waals surface area contributed by atoms with E-state index in [0.29, 0.717) is 6.54 Å². The van der Waals surface area contributed by atoms with Gasteiger partial charge < -0.3 is 11.1 Å². The van der Waals surface area contributed by atoms with E-state index in [1.54, 1.807) is 0 Å². The second-order valence-electron chi connectivity index (χ2n) is 5.93. The molecule has 0 saturated carbocycles. The van der Waals surface area contributed by atoms with Crippen molar-refractivity contribution in [2.24, 2.45) is 5.73 Å². The van der Waals surface area contributed by atoms with E-state index in [1.807, 2.05) is 48.5 Å². The van der Waals surface area contributed by atoms with E-state index in [0.717, 1.165) is 39.1 Å². The van der Waals surface area contributed by atoms with Crippen LogP contribution in [0.5, 0.6) is 0 Å². The second kappa shape index (κ2) is 6.75. The first kappa shape index (κ1) is 15.4. The molecule has 4 rings (SSSR count). The van der Waals surface area contributed by atoms with Crippen LogP contribution in [0.3, 0.4) is 0 Å². The molecule has 1 heterocycles. The lowest BCUT2D eigenvalue weighted by Crippen LogP contribution is -2.00. The Morgan fingerprint density at radius 1 is 0.760 bits per heavy atom. The molecule has 25 heavy (non-hydrogen) atoms. The summed E-state index contributed by atoms with van der Waals surface area (Å²) in [4.78, 5) is 4.93. The van der Waals surface area contributed by atoms with Crippen LogP contribution in [0.1, 0.15) is 5.56 Å². The maximum absolute atomic E-state index is 5.89. The molecule has 3 nitrogen and oxygen atoms in total. The van der Waals surface area contributed by atoms with Gasteiger partial charge in [-0.3, -0.25) is 0 Å². The minimum absolute atomic E-state index is 0.500. The van der Waals surface area contributed by atoms with Crippen molar-refractivity contribution in [3.05, 3.63) is 90.5 Å². The van der Waals surface area contributed by atoms with Gasteiger partial charge in [0.05, 0.1) is 16.9 Å². The Hall–Kier alpha value is -3.17. The van der Waals surface area contributed by atoms with Crippen molar-refractivity contribution < 1.29 is 0 Å². The molecule has 3 N–H and O–H groups in total. The number of fused-ring (bicyclic) bond motifs is 1. The number of aromatic nitrogens is 1. The highest BCUT2D eigenvalue weighted by Gasteiger charge is 2.08. The summed E-state index contributed by atoms with van der Waals surface area (Å²) in [5.74, 6) is 0. The van der Waals surface area contributed by atoms with Crippen LogP contribution in [0.4, 0.5) is 11.4 Å². The van der Waals surface area contributed by atoms with E-state index in [2.05, 4.69) is 41.7 Å². The Kier molecular flexibility index (Phi) is 4.15. The molecular formula is C22H19N3. The second-order valence-corrected chi connectivity index (χ2v) is 5.93. The first-order valence-electron chi connectivity index (χ1n) is 8.35. The van der Waals surface area contributed by atoms with Crippen molar-refractivity contribution in [1.29, 1.82) is 0 Å². The van der Waals surface area contributed by atoms with Crippen molar-refractivity contribution in [2.45, 2.75) is 6.54 Å². The third-order valence-corrected chi connectivity index (χ3v) is 4.29. The molecule has 4 aromatic rings. The average Bonchev–Trinajstić information content (AvgIpc) is 2.69. The normalized spacial score (nSPS) is 10.8. The van der Waals surface area contributed by atoms with Gasteiger partial charge in [-0.1, -0.05) is 60.7 Å². The van der Waals surface area contributed by atoms with Crippen LogP contribution in [0.15, 0.2) is 84.9 Å². The predicted molar refractivity (Wildman–Crippen MR) is 105 cm³/mol. The summed E-state index contributed by atoms with van der Waals surface area (Å²) in [5.41, 5.74) is 12.0. The number of hydrogen-bond acceptors (Lipinski definition) is 3. The van der Waals surface area contributed by atoms with Gasteiger partial charge in [-0.25, -0.2) is 4.98 Å². The summed E-state index contributed by atoms with van der Waals surface area (Å²) in [6.45, 7) is 0.500. The van der Waals surface area contributed by atoms with E-state index in [1.165, 1.54) is 0 Å². The molecule has 3 aromatic carbocycles. The van der Waals surface area contributed by atoms with E-state index >= 15 is 0 Å². The third kappa shape index (κ3) is 3.10. The minimum Gasteiger partial charge on any atom is -0.354 e. The molecule has 0 bridgehead atoms. The Balaban J connectivity index is 1.83. The van der Waals surface area contributed by atoms with Crippen molar-refractivity contribution in [3.8, 4) is 11.3 Å². The van der Waals surface area contributed by atoms with E-state index in [-0.39, 0.29) is 0 Å². The molecule has 0 aliphatic rings. The number of rotatable bonds is 4. The van der Waals surface area contributed by atoms with E-state index < -0.39 is 0 Å². The van der Waals surface area contributed by atoms with Gasteiger partial charge in [-0.15, -0.1) is 0 Å². The first-order valence-corrected chi connectivity index (χ1v) is 8.35. The van der Waals surface area contributed by atoms with Gasteiger partial charge in [0.15, 0.2) is 0 Å². The first-order chi connectivity index (χ1) is 12.3. The third-order valence-electron chi connectivity index (χ3n) is 4.29. The topological polar surface area (TPSA) is 50.9 Å². The quantitative estimate of drug-likeness (QED) is 0.548. The Morgan fingerprint density at radius 2 is 1.56 bits per heavy atom. The lowest BCUT2D eigenvalue weighted by Gasteiger charge is -2.12. The van der Waals surface area contributed by atoms with Crippen molar-refractivity contribution in [1.82, 2.24) is 4.98 Å². The highest BCUT2D eigenvalue weighted by atomic mass is 14.9. The number of para-hydroxylation sites is 2. The van der Waals surface area contributed by atoms with Crippen molar-refractivity contribution >= 4 is 22.3 Å². The lowest BCUT2D eigenvalue weighted by atomic mass is 10.0. The molecule has 0 saturated heterocycles. The fraction of sp³-hybridized carbons (Fsp3) is 0.0455. The molecule has 0 spiro atoms. The average molecular weight is 325 g/mol. The lowest BCUT2D eigenvalue weighted by molar-refractivity contribution is 1.07. The van der Waals surface area contributed by atoms with Crippen LogP contribution in [0.2, 0.25) is 0 Å². The Morgan fingerprint density at radius 3 is 2.40 bits per heavy atom. The molecule has 0 amide bonds. The smallest absolute Gasteiger partial charge is 0.0944 e. The maximum atomic E-state index is 5.89. The molecule has 0 unspecified atom stereocenters. The van der Waals surface area contributed by atoms with Crippen molar-refractivity contribution in [3.63, 3.8) is 0 Å². The zero-order valence-corrected chi connectivity index (χ0v) is 13.8. The largest absolute Gasteiger partial charge is 0.354 e. The highest BCUT2D eigenvalue weighted by Crippen LogP contribution is 2.29. The van der Waals surface area contributed by atoms with E-state index in [9.17, 15) is 0 Å². The number of nitrogens with zero attached hydrogens (tertiary/aromatic N) is 1. The van der Waals surface area contributed by atoms with Gasteiger partial charge in [0, 0.05) is 23.2 Å². The van der Waals surface area contributed by atoms with Crippen LogP contribution >= 0.6 is 0 Å². The van der Waals surface area contributed by atoms with Crippen LogP contribution in [0, 0.1) is 0 Å². The monoisotopic (exact) mass is 325 g/mol. The molecule has 1 aromatic heterocycles. The Bertz CT molecular complexity index is 1010. The molecule has 3 heteroatoms. The molecule has 0 atom stereocenters. The van der Waals surface area contributed by atoms with Gasteiger partial charge >= 0.3 is 0 Å². The molecule has 122 valence electrons. The van der Waals surface area contributed by atoms with Crippen molar-refractivity contribution in [2.75, 3.05) is 5.32 Å². The number of anilines is 2. The predicted octanol–water partition coefficient (Wildman–Crippen LogP) is 5.10. The summed E-state index contributed by atoms with van der Waals surface area (Å²) in [7, 11) is 0. The Labute approximate surface area is 147 Å². The fourth-order valence-electron chi connectivity index (χ4n) is 3.02. The molecular weight excluding hydrogens is 306 g/mol. The number of nitrogens with one attached hydrogen (secondary N) is 1. The molecule has 0 aliphatic heterocycles. The van der Waals surface area contributed by atoms with Crippen LogP contribution in [0.25, 0.3) is 22.2 Å². The van der Waals surface area contributed by atoms with Gasteiger partial charge in [0.25, 0.3) is 0 Å². The van der Waals surface area contributed by atoms with Gasteiger partial charge in [-0.2, -0.15) is 0 Å². The SMILES string of the molecule is NCc1ccccc1-c1ccc2cccc(Nc3ccccc3)c2n1. The summed E-state index contributed by atoms with van der Waals surface area (Å²) < 4.78 is 0. The summed E-state index contributed by atoms with van der Waals surface area (Å²) in [6.07, 6.45) is 0. The number of benzene rings is 3. The summed E-state index contributed by atoms with van der Waals surface area (Å²) >= 11 is 0. The van der Waals surface area contributed by atoms with Crippen LogP contribution < -0.4 is 11.1 Å². The molecule has 0 aliphatic carbocycles. The number of pyridine rings is 1. The number of hydrogen-bond donors (Lipinski definition) is 2. The van der Waals surface area contributed by atoms with E-state index in [4.69, 9.17) is 10.7 Å². The number of nitrogens with two attached hydrogens (primary N) is 1. The zero-order chi connectivity index (χ0) is 17.1. The summed E-state index contributed by atoms with van der Waals surface area (Å²) in [6, 6.07) is 28.6. The molecule has 0 radical (unpaired) electrons. The fourth-order valence-corrected chi connectivity index (χ4v) is 3.02. The van der Waals surface area contributed by atoms with Crippen LogP contribution in [-0.2, 0) is 6.54 Å². The molecule has 0 fully saturated rings. The zero-order valence-electron chi connectivity index (χ0n) is 13.8. The van der Waals surface area contributed by atoms with Gasteiger partial charge in [-0.05, 0) is 29.8 Å². The maximum Gasteiger partial charge on any atom is 0.0944 e. The minimum atomic E-state index is 0.500. The highest BCUT2D eigenvalue weighted by molar-refractivity contribution is 5.93. The summed E-state index contributed by atoms with van der Waals surface area (Å²) in [5, 5.41) is 4.57. The standard InChI is InChI=1S/C22H19N3/c23-15-17-7-4-5-11-19(17)20-14-13-16-8-6-12-21(22(16)25-20)24-18-9-2-1-3-10-18/h1-14,24H,15,23H2.